The van der Waals surface area contributed by atoms with E-state index in [0.717, 1.165) is 12.1 Å². The third kappa shape index (κ3) is 4.74. The Morgan fingerprint density at radius 1 is 1.24 bits per heavy atom. The van der Waals surface area contributed by atoms with Crippen molar-refractivity contribution in [3.05, 3.63) is 29.8 Å². The lowest BCUT2D eigenvalue weighted by molar-refractivity contribution is -0.126. The van der Waals surface area contributed by atoms with Crippen LogP contribution in [0.3, 0.4) is 0 Å². The molecule has 1 amide bonds. The number of nitrogens with zero attached hydrogens (tertiary/aromatic N) is 1. The first-order valence-corrected chi connectivity index (χ1v) is 7.46. The van der Waals surface area contributed by atoms with Gasteiger partial charge in [0.15, 0.2) is 0 Å². The number of hydrogen-bond donors (Lipinski definition) is 2. The predicted octanol–water partition coefficient (Wildman–Crippen LogP) is 2.25. The van der Waals surface area contributed by atoms with Gasteiger partial charge in [-0.2, -0.15) is 0 Å². The second kappa shape index (κ2) is 6.94. The number of rotatable bonds is 6. The van der Waals surface area contributed by atoms with Crippen molar-refractivity contribution in [2.24, 2.45) is 5.92 Å². The average molecular weight is 291 g/mol. The number of carbonyl (C=O) groups excluding carboxylic acids is 1. The maximum Gasteiger partial charge on any atom is 0.230 e. The summed E-state index contributed by atoms with van der Waals surface area (Å²) in [7, 11) is 4.04. The van der Waals surface area contributed by atoms with Gasteiger partial charge in [0, 0.05) is 18.3 Å². The Balaban J connectivity index is 2.87. The van der Waals surface area contributed by atoms with E-state index in [9.17, 15) is 4.79 Å². The third-order valence-electron chi connectivity index (χ3n) is 3.88. The molecule has 1 unspecified atom stereocenters. The zero-order valence-corrected chi connectivity index (χ0v) is 14.1. The first-order chi connectivity index (χ1) is 9.64. The highest BCUT2D eigenvalue weighted by molar-refractivity contribution is 5.87. The summed E-state index contributed by atoms with van der Waals surface area (Å²) in [6.45, 7) is 8.98. The molecular formula is C17H29N3O. The second-order valence-electron chi connectivity index (χ2n) is 6.83. The summed E-state index contributed by atoms with van der Waals surface area (Å²) in [4.78, 5) is 14.8. The van der Waals surface area contributed by atoms with Gasteiger partial charge in [-0.15, -0.1) is 0 Å². The normalized spacial score (nSPS) is 13.5. The van der Waals surface area contributed by atoms with E-state index in [1.165, 1.54) is 0 Å². The van der Waals surface area contributed by atoms with E-state index in [2.05, 4.69) is 24.1 Å². The van der Waals surface area contributed by atoms with Crippen LogP contribution >= 0.6 is 0 Å². The van der Waals surface area contributed by atoms with Crippen LogP contribution in [0.15, 0.2) is 24.3 Å². The minimum atomic E-state index is -0.576. The van der Waals surface area contributed by atoms with Crippen molar-refractivity contribution in [2.75, 3.05) is 26.4 Å². The molecule has 0 aliphatic heterocycles. The van der Waals surface area contributed by atoms with Gasteiger partial charge < -0.3 is 16.0 Å². The lowest BCUT2D eigenvalue weighted by Gasteiger charge is -2.31. The van der Waals surface area contributed by atoms with Crippen LogP contribution in [-0.4, -0.2) is 37.5 Å². The molecular weight excluding hydrogens is 262 g/mol. The maximum atomic E-state index is 12.7. The van der Waals surface area contributed by atoms with Gasteiger partial charge in [0.1, 0.15) is 0 Å². The Kier molecular flexibility index (Phi) is 5.78. The van der Waals surface area contributed by atoms with Crippen molar-refractivity contribution in [3.8, 4) is 0 Å². The molecule has 4 heteroatoms. The van der Waals surface area contributed by atoms with E-state index in [4.69, 9.17) is 5.73 Å². The quantitative estimate of drug-likeness (QED) is 0.790. The third-order valence-corrected chi connectivity index (χ3v) is 3.88. The first-order valence-electron chi connectivity index (χ1n) is 7.46. The van der Waals surface area contributed by atoms with Crippen LogP contribution in [0.25, 0.3) is 0 Å². The molecule has 4 nitrogen and oxygen atoms in total. The van der Waals surface area contributed by atoms with Crippen molar-refractivity contribution in [1.29, 1.82) is 0 Å². The summed E-state index contributed by atoms with van der Waals surface area (Å²) in [5, 5.41) is 3.19. The molecule has 21 heavy (non-hydrogen) atoms. The van der Waals surface area contributed by atoms with E-state index >= 15 is 0 Å². The molecule has 118 valence electrons. The highest BCUT2D eigenvalue weighted by Gasteiger charge is 2.31. The average Bonchev–Trinajstić information content (AvgIpc) is 2.37. The molecule has 0 fully saturated rings. The summed E-state index contributed by atoms with van der Waals surface area (Å²) in [6.07, 6.45) is 0. The molecule has 1 atom stereocenters. The van der Waals surface area contributed by atoms with Gasteiger partial charge in [0.2, 0.25) is 5.91 Å². The number of amides is 1. The Hall–Kier alpha value is -1.55. The summed E-state index contributed by atoms with van der Waals surface area (Å²) in [5.74, 6) is 0.436. The Morgan fingerprint density at radius 3 is 2.19 bits per heavy atom. The molecule has 0 heterocycles. The Bertz CT molecular complexity index is 463. The number of carbonyl (C=O) groups is 1. The Labute approximate surface area is 128 Å². The highest BCUT2D eigenvalue weighted by Crippen LogP contribution is 2.24. The Morgan fingerprint density at radius 2 is 1.76 bits per heavy atom. The van der Waals surface area contributed by atoms with E-state index in [0.29, 0.717) is 11.6 Å². The molecule has 0 radical (unpaired) electrons. The van der Waals surface area contributed by atoms with Crippen molar-refractivity contribution in [2.45, 2.75) is 39.2 Å². The zero-order chi connectivity index (χ0) is 16.2. The molecule has 1 aromatic rings. The molecule has 0 saturated carbocycles. The van der Waals surface area contributed by atoms with E-state index < -0.39 is 5.41 Å². The monoisotopic (exact) mass is 291 g/mol. The van der Waals surface area contributed by atoms with Crippen molar-refractivity contribution in [3.63, 3.8) is 0 Å². The SMILES string of the molecule is CC(C)C(CN(C)C)NC(=O)C(C)(C)c1ccc(N)cc1. The van der Waals surface area contributed by atoms with Crippen molar-refractivity contribution < 1.29 is 4.79 Å². The number of nitrogens with one attached hydrogen (secondary N) is 1. The fourth-order valence-electron chi connectivity index (χ4n) is 2.20. The fourth-order valence-corrected chi connectivity index (χ4v) is 2.20. The second-order valence-corrected chi connectivity index (χ2v) is 6.83. The first kappa shape index (κ1) is 17.5. The molecule has 0 aliphatic carbocycles. The van der Waals surface area contributed by atoms with E-state index in [1.807, 2.05) is 52.2 Å². The van der Waals surface area contributed by atoms with Gasteiger partial charge in [0.05, 0.1) is 5.41 Å². The van der Waals surface area contributed by atoms with Crippen LogP contribution in [0.1, 0.15) is 33.3 Å². The van der Waals surface area contributed by atoms with Crippen LogP contribution < -0.4 is 11.1 Å². The van der Waals surface area contributed by atoms with Gasteiger partial charge in [0.25, 0.3) is 0 Å². The van der Waals surface area contributed by atoms with Crippen LogP contribution in [0.2, 0.25) is 0 Å². The summed E-state index contributed by atoms with van der Waals surface area (Å²) in [6, 6.07) is 7.66. The highest BCUT2D eigenvalue weighted by atomic mass is 16.2. The number of anilines is 1. The van der Waals surface area contributed by atoms with E-state index in [1.54, 1.807) is 0 Å². The molecule has 0 aromatic heterocycles. The maximum absolute atomic E-state index is 12.7. The number of nitrogens with two attached hydrogens (primary N) is 1. The van der Waals surface area contributed by atoms with Crippen molar-refractivity contribution >= 4 is 11.6 Å². The molecule has 0 saturated heterocycles. The summed E-state index contributed by atoms with van der Waals surface area (Å²) >= 11 is 0. The van der Waals surface area contributed by atoms with Crippen molar-refractivity contribution in [1.82, 2.24) is 10.2 Å². The minimum absolute atomic E-state index is 0.0489. The lowest BCUT2D eigenvalue weighted by Crippen LogP contribution is -2.50. The largest absolute Gasteiger partial charge is 0.399 e. The number of benzene rings is 1. The van der Waals surface area contributed by atoms with Crippen LogP contribution in [0, 0.1) is 5.92 Å². The molecule has 3 N–H and O–H groups in total. The van der Waals surface area contributed by atoms with Gasteiger partial charge in [-0.1, -0.05) is 26.0 Å². The molecule has 0 spiro atoms. The minimum Gasteiger partial charge on any atom is -0.399 e. The van der Waals surface area contributed by atoms with Gasteiger partial charge in [-0.25, -0.2) is 0 Å². The van der Waals surface area contributed by atoms with Crippen LogP contribution in [-0.2, 0) is 10.2 Å². The van der Waals surface area contributed by atoms with Crippen LogP contribution in [0.5, 0.6) is 0 Å². The van der Waals surface area contributed by atoms with Gasteiger partial charge >= 0.3 is 0 Å². The molecule has 0 bridgehead atoms. The fraction of sp³-hybridized carbons (Fsp3) is 0.588. The summed E-state index contributed by atoms with van der Waals surface area (Å²) < 4.78 is 0. The van der Waals surface area contributed by atoms with E-state index in [-0.39, 0.29) is 11.9 Å². The molecule has 1 aromatic carbocycles. The summed E-state index contributed by atoms with van der Waals surface area (Å²) in [5.41, 5.74) is 6.82. The van der Waals surface area contributed by atoms with Gasteiger partial charge in [-0.3, -0.25) is 4.79 Å². The van der Waals surface area contributed by atoms with Gasteiger partial charge in [-0.05, 0) is 51.6 Å². The topological polar surface area (TPSA) is 58.4 Å². The van der Waals surface area contributed by atoms with Crippen LogP contribution in [0.4, 0.5) is 5.69 Å². The number of hydrogen-bond acceptors (Lipinski definition) is 3. The number of nitrogen functional groups attached to an aromatic ring is 1. The molecule has 0 aliphatic rings. The number of likely N-dealkylation sites (N-methyl/N-ethyl adjacent to an activating group) is 1. The zero-order valence-electron chi connectivity index (χ0n) is 14.1. The smallest absolute Gasteiger partial charge is 0.230 e. The predicted molar refractivity (Wildman–Crippen MR) is 89.2 cm³/mol. The molecule has 1 rings (SSSR count). The lowest BCUT2D eigenvalue weighted by atomic mass is 9.83. The standard InChI is InChI=1S/C17H29N3O/c1-12(2)15(11-20(5)6)19-16(21)17(3,4)13-7-9-14(18)10-8-13/h7-10,12,15H,11,18H2,1-6H3,(H,19,21).